The molecule has 0 saturated carbocycles. The standard InChI is InChI=1S/C14H18N2O3/c1-15-6-8-16(9-7-15)14(17)13-10-18-11-4-2-3-5-12(11)19-13/h2-5,13H,6-10H2,1H3/p+1. The number of nitrogens with one attached hydrogen (secondary N) is 1. The van der Waals surface area contributed by atoms with Crippen LogP contribution in [-0.2, 0) is 4.79 Å². The van der Waals surface area contributed by atoms with Crippen molar-refractivity contribution in [1.82, 2.24) is 4.90 Å². The number of amides is 1. The molecule has 3 rings (SSSR count). The van der Waals surface area contributed by atoms with Crippen LogP contribution >= 0.6 is 0 Å². The molecule has 1 aromatic rings. The van der Waals surface area contributed by atoms with E-state index >= 15 is 0 Å². The van der Waals surface area contributed by atoms with Crippen molar-refractivity contribution in [3.8, 4) is 11.5 Å². The molecule has 102 valence electrons. The van der Waals surface area contributed by atoms with Crippen molar-refractivity contribution < 1.29 is 19.2 Å². The van der Waals surface area contributed by atoms with Gasteiger partial charge >= 0.3 is 0 Å². The Morgan fingerprint density at radius 1 is 1.26 bits per heavy atom. The third-order valence-electron chi connectivity index (χ3n) is 3.71. The summed E-state index contributed by atoms with van der Waals surface area (Å²) in [6, 6.07) is 7.47. The minimum absolute atomic E-state index is 0.0435. The van der Waals surface area contributed by atoms with Gasteiger partial charge < -0.3 is 19.3 Å². The van der Waals surface area contributed by atoms with Crippen LogP contribution in [0.5, 0.6) is 11.5 Å². The van der Waals surface area contributed by atoms with Crippen molar-refractivity contribution in [3.05, 3.63) is 24.3 Å². The number of ether oxygens (including phenoxy) is 2. The lowest BCUT2D eigenvalue weighted by molar-refractivity contribution is -0.883. The first-order valence-corrected chi connectivity index (χ1v) is 6.72. The first kappa shape index (κ1) is 12.3. The average molecular weight is 263 g/mol. The fourth-order valence-electron chi connectivity index (χ4n) is 2.45. The number of hydrogen-bond acceptors (Lipinski definition) is 3. The first-order chi connectivity index (χ1) is 9.24. The zero-order valence-electron chi connectivity index (χ0n) is 11.1. The van der Waals surface area contributed by atoms with Crippen LogP contribution in [0.3, 0.4) is 0 Å². The highest BCUT2D eigenvalue weighted by Crippen LogP contribution is 2.31. The van der Waals surface area contributed by atoms with E-state index in [1.807, 2.05) is 29.2 Å². The highest BCUT2D eigenvalue weighted by molar-refractivity contribution is 5.82. The normalized spacial score (nSPS) is 23.2. The maximum Gasteiger partial charge on any atom is 0.267 e. The molecule has 1 atom stereocenters. The van der Waals surface area contributed by atoms with Crippen molar-refractivity contribution in [2.45, 2.75) is 6.10 Å². The van der Waals surface area contributed by atoms with Gasteiger partial charge in [0.1, 0.15) is 6.61 Å². The molecule has 1 unspecified atom stereocenters. The van der Waals surface area contributed by atoms with Gasteiger partial charge in [-0.2, -0.15) is 0 Å². The van der Waals surface area contributed by atoms with E-state index in [0.717, 1.165) is 31.9 Å². The van der Waals surface area contributed by atoms with E-state index in [4.69, 9.17) is 9.47 Å². The number of likely N-dealkylation sites (N-methyl/N-ethyl adjacent to an activating group) is 1. The van der Waals surface area contributed by atoms with Gasteiger partial charge in [0.15, 0.2) is 11.5 Å². The van der Waals surface area contributed by atoms with Crippen LogP contribution in [0.4, 0.5) is 0 Å². The summed E-state index contributed by atoms with van der Waals surface area (Å²) in [5.74, 6) is 1.42. The molecule has 2 aliphatic heterocycles. The number of nitrogens with zero attached hydrogens (tertiary/aromatic N) is 1. The number of benzene rings is 1. The number of fused-ring (bicyclic) bond motifs is 1. The number of para-hydroxylation sites is 2. The van der Waals surface area contributed by atoms with Gasteiger partial charge in [-0.05, 0) is 12.1 Å². The van der Waals surface area contributed by atoms with E-state index in [-0.39, 0.29) is 5.91 Å². The number of carbonyl (C=O) groups is 1. The fourth-order valence-corrected chi connectivity index (χ4v) is 2.45. The third kappa shape index (κ3) is 2.51. The third-order valence-corrected chi connectivity index (χ3v) is 3.71. The second kappa shape index (κ2) is 5.09. The van der Waals surface area contributed by atoms with Crippen LogP contribution in [0, 0.1) is 0 Å². The predicted molar refractivity (Wildman–Crippen MR) is 69.6 cm³/mol. The highest BCUT2D eigenvalue weighted by atomic mass is 16.6. The molecule has 0 aromatic heterocycles. The molecule has 0 radical (unpaired) electrons. The summed E-state index contributed by atoms with van der Waals surface area (Å²) in [5.41, 5.74) is 0. The molecule has 1 saturated heterocycles. The van der Waals surface area contributed by atoms with Gasteiger partial charge in [-0.1, -0.05) is 12.1 Å². The smallest absolute Gasteiger partial charge is 0.267 e. The SMILES string of the molecule is C[NH+]1CCN(C(=O)C2COc3ccccc3O2)CC1. The molecule has 5 nitrogen and oxygen atoms in total. The van der Waals surface area contributed by atoms with Crippen LogP contribution < -0.4 is 14.4 Å². The average Bonchev–Trinajstić information content (AvgIpc) is 2.47. The quantitative estimate of drug-likeness (QED) is 0.720. The zero-order valence-corrected chi connectivity index (χ0v) is 11.1. The second-order valence-corrected chi connectivity index (χ2v) is 5.15. The second-order valence-electron chi connectivity index (χ2n) is 5.15. The van der Waals surface area contributed by atoms with Gasteiger partial charge in [0.25, 0.3) is 5.91 Å². The fraction of sp³-hybridized carbons (Fsp3) is 0.500. The predicted octanol–water partition coefficient (Wildman–Crippen LogP) is -0.817. The molecule has 1 N–H and O–H groups in total. The lowest BCUT2D eigenvalue weighted by Crippen LogP contribution is -3.12. The molecule has 19 heavy (non-hydrogen) atoms. The van der Waals surface area contributed by atoms with E-state index in [1.54, 1.807) is 0 Å². The van der Waals surface area contributed by atoms with Crippen LogP contribution in [0.15, 0.2) is 24.3 Å². The van der Waals surface area contributed by atoms with Crippen molar-refractivity contribution in [2.75, 3.05) is 39.8 Å². The van der Waals surface area contributed by atoms with E-state index in [1.165, 1.54) is 4.90 Å². The Kier molecular flexibility index (Phi) is 3.29. The maximum atomic E-state index is 12.4. The minimum atomic E-state index is -0.506. The van der Waals surface area contributed by atoms with Gasteiger partial charge in [0.05, 0.1) is 33.2 Å². The highest BCUT2D eigenvalue weighted by Gasteiger charge is 2.32. The molecule has 0 aliphatic carbocycles. The van der Waals surface area contributed by atoms with Gasteiger partial charge in [0.2, 0.25) is 6.10 Å². The van der Waals surface area contributed by atoms with Crippen molar-refractivity contribution in [3.63, 3.8) is 0 Å². The van der Waals surface area contributed by atoms with Crippen molar-refractivity contribution in [2.24, 2.45) is 0 Å². The Labute approximate surface area is 112 Å². The number of hydrogen-bond donors (Lipinski definition) is 1. The summed E-state index contributed by atoms with van der Waals surface area (Å²) in [5, 5.41) is 0. The molecule has 1 aromatic carbocycles. The Bertz CT molecular complexity index is 470. The van der Waals surface area contributed by atoms with Gasteiger partial charge in [-0.15, -0.1) is 0 Å². The zero-order chi connectivity index (χ0) is 13.2. The molecule has 0 bridgehead atoms. The molecule has 1 amide bonds. The van der Waals surface area contributed by atoms with E-state index in [9.17, 15) is 4.79 Å². The molecule has 2 aliphatic rings. The Morgan fingerprint density at radius 3 is 2.68 bits per heavy atom. The summed E-state index contributed by atoms with van der Waals surface area (Å²) in [7, 11) is 2.15. The lowest BCUT2D eigenvalue weighted by Gasteiger charge is -2.34. The van der Waals surface area contributed by atoms with Gasteiger partial charge in [0, 0.05) is 0 Å². The molecule has 2 heterocycles. The van der Waals surface area contributed by atoms with Crippen molar-refractivity contribution >= 4 is 5.91 Å². The maximum absolute atomic E-state index is 12.4. The summed E-state index contributed by atoms with van der Waals surface area (Å²) in [4.78, 5) is 15.7. The number of rotatable bonds is 1. The lowest BCUT2D eigenvalue weighted by atomic mass is 10.2. The molecule has 1 fully saturated rings. The molecular weight excluding hydrogens is 244 g/mol. The number of piperazine rings is 1. The van der Waals surface area contributed by atoms with Crippen LogP contribution in [0.2, 0.25) is 0 Å². The minimum Gasteiger partial charge on any atom is -0.485 e. The van der Waals surface area contributed by atoms with Crippen molar-refractivity contribution in [1.29, 1.82) is 0 Å². The largest absolute Gasteiger partial charge is 0.485 e. The molecule has 5 heteroatoms. The summed E-state index contributed by atoms with van der Waals surface area (Å²) < 4.78 is 11.3. The molecule has 0 spiro atoms. The Hall–Kier alpha value is -1.75. The number of quaternary nitrogens is 1. The van der Waals surface area contributed by atoms with Crippen LogP contribution in [0.1, 0.15) is 0 Å². The van der Waals surface area contributed by atoms with E-state index < -0.39 is 6.10 Å². The topological polar surface area (TPSA) is 43.2 Å². The summed E-state index contributed by atoms with van der Waals surface area (Å²) >= 11 is 0. The van der Waals surface area contributed by atoms with Gasteiger partial charge in [-0.25, -0.2) is 0 Å². The first-order valence-electron chi connectivity index (χ1n) is 6.72. The summed E-state index contributed by atoms with van der Waals surface area (Å²) in [6.45, 7) is 3.89. The van der Waals surface area contributed by atoms with Crippen LogP contribution in [0.25, 0.3) is 0 Å². The Morgan fingerprint density at radius 2 is 1.95 bits per heavy atom. The molecular formula is C14H19N2O3+. The summed E-state index contributed by atoms with van der Waals surface area (Å²) in [6.07, 6.45) is -0.506. The monoisotopic (exact) mass is 263 g/mol. The van der Waals surface area contributed by atoms with Gasteiger partial charge in [-0.3, -0.25) is 4.79 Å². The van der Waals surface area contributed by atoms with E-state index in [2.05, 4.69) is 7.05 Å². The van der Waals surface area contributed by atoms with E-state index in [0.29, 0.717) is 12.4 Å². The number of carbonyl (C=O) groups excluding carboxylic acids is 1. The van der Waals surface area contributed by atoms with Crippen LogP contribution in [-0.4, -0.2) is 56.7 Å². The Balaban J connectivity index is 1.66.